The van der Waals surface area contributed by atoms with Crippen molar-refractivity contribution >= 4 is 0 Å². The van der Waals surface area contributed by atoms with Crippen LogP contribution in [0.3, 0.4) is 0 Å². The van der Waals surface area contributed by atoms with Crippen molar-refractivity contribution in [3.05, 3.63) is 71.3 Å². The molecule has 1 nitrogen and oxygen atoms in total. The van der Waals surface area contributed by atoms with E-state index in [2.05, 4.69) is 59.9 Å². The molecule has 19 heavy (non-hydrogen) atoms. The first-order chi connectivity index (χ1) is 9.43. The lowest BCUT2D eigenvalue weighted by Gasteiger charge is -2.25. The molecular formula is C18H21N. The molecule has 2 aromatic carbocycles. The van der Waals surface area contributed by atoms with Crippen molar-refractivity contribution in [3.63, 3.8) is 0 Å². The normalized spacial score (nSPS) is 18.0. The van der Waals surface area contributed by atoms with Gasteiger partial charge in [0.25, 0.3) is 0 Å². The summed E-state index contributed by atoms with van der Waals surface area (Å²) < 4.78 is 0. The maximum Gasteiger partial charge on any atom is 0.0205 e. The van der Waals surface area contributed by atoms with Gasteiger partial charge in [-0.15, -0.1) is 0 Å². The van der Waals surface area contributed by atoms with Crippen LogP contribution in [0.5, 0.6) is 0 Å². The highest BCUT2D eigenvalue weighted by molar-refractivity contribution is 5.32. The molecule has 0 spiro atoms. The SMILES string of the molecule is c1ccc(CNC[C@@H]2CCCc3ccccc32)cc1. The Balaban J connectivity index is 1.59. The molecule has 0 saturated heterocycles. The number of hydrogen-bond acceptors (Lipinski definition) is 1. The fourth-order valence-electron chi connectivity index (χ4n) is 3.05. The van der Waals surface area contributed by atoms with Gasteiger partial charge in [-0.25, -0.2) is 0 Å². The third-order valence-electron chi connectivity index (χ3n) is 4.06. The minimum absolute atomic E-state index is 0.689. The van der Waals surface area contributed by atoms with Crippen molar-refractivity contribution in [2.75, 3.05) is 6.54 Å². The molecule has 1 N–H and O–H groups in total. The molecule has 1 aliphatic carbocycles. The minimum Gasteiger partial charge on any atom is -0.312 e. The van der Waals surface area contributed by atoms with Gasteiger partial charge in [-0.2, -0.15) is 0 Å². The molecule has 0 fully saturated rings. The average Bonchev–Trinajstić information content (AvgIpc) is 2.49. The van der Waals surface area contributed by atoms with E-state index in [1.54, 1.807) is 11.1 Å². The maximum atomic E-state index is 3.61. The molecule has 2 aromatic rings. The Morgan fingerprint density at radius 2 is 1.74 bits per heavy atom. The van der Waals surface area contributed by atoms with Gasteiger partial charge in [0.15, 0.2) is 0 Å². The first-order valence-corrected chi connectivity index (χ1v) is 7.26. The Morgan fingerprint density at radius 3 is 2.63 bits per heavy atom. The van der Waals surface area contributed by atoms with Crippen LogP contribution < -0.4 is 5.32 Å². The molecule has 0 saturated carbocycles. The van der Waals surface area contributed by atoms with Crippen molar-refractivity contribution in [3.8, 4) is 0 Å². The fourth-order valence-corrected chi connectivity index (χ4v) is 3.05. The topological polar surface area (TPSA) is 12.0 Å². The van der Waals surface area contributed by atoms with Crippen LogP contribution in [0.15, 0.2) is 54.6 Å². The Labute approximate surface area is 115 Å². The van der Waals surface area contributed by atoms with Gasteiger partial charge in [-0.3, -0.25) is 0 Å². The number of rotatable bonds is 4. The average molecular weight is 251 g/mol. The summed E-state index contributed by atoms with van der Waals surface area (Å²) in [6.45, 7) is 2.06. The van der Waals surface area contributed by atoms with Crippen molar-refractivity contribution in [1.29, 1.82) is 0 Å². The highest BCUT2D eigenvalue weighted by Crippen LogP contribution is 2.30. The van der Waals surface area contributed by atoms with Crippen molar-refractivity contribution < 1.29 is 0 Å². The van der Waals surface area contributed by atoms with E-state index in [9.17, 15) is 0 Å². The monoisotopic (exact) mass is 251 g/mol. The lowest BCUT2D eigenvalue weighted by molar-refractivity contribution is 0.507. The van der Waals surface area contributed by atoms with E-state index >= 15 is 0 Å². The van der Waals surface area contributed by atoms with Crippen LogP contribution in [0.4, 0.5) is 0 Å². The van der Waals surface area contributed by atoms with Gasteiger partial charge in [-0.05, 0) is 41.9 Å². The van der Waals surface area contributed by atoms with Gasteiger partial charge >= 0.3 is 0 Å². The van der Waals surface area contributed by atoms with E-state index in [1.807, 2.05) is 0 Å². The lowest BCUT2D eigenvalue weighted by Crippen LogP contribution is -2.24. The maximum absolute atomic E-state index is 3.61. The lowest BCUT2D eigenvalue weighted by atomic mass is 9.83. The van der Waals surface area contributed by atoms with Gasteiger partial charge in [0.05, 0.1) is 0 Å². The van der Waals surface area contributed by atoms with E-state index in [0.717, 1.165) is 13.1 Å². The molecule has 0 bridgehead atoms. The number of nitrogens with one attached hydrogen (secondary N) is 1. The summed E-state index contributed by atoms with van der Waals surface area (Å²) in [5.41, 5.74) is 4.49. The van der Waals surface area contributed by atoms with Gasteiger partial charge in [-0.1, -0.05) is 54.6 Å². The molecular weight excluding hydrogens is 230 g/mol. The molecule has 0 heterocycles. The highest BCUT2D eigenvalue weighted by atomic mass is 14.9. The van der Waals surface area contributed by atoms with Crippen LogP contribution >= 0.6 is 0 Å². The largest absolute Gasteiger partial charge is 0.312 e. The van der Waals surface area contributed by atoms with E-state index in [0.29, 0.717) is 5.92 Å². The summed E-state index contributed by atoms with van der Waals surface area (Å²) in [6, 6.07) is 19.6. The van der Waals surface area contributed by atoms with Gasteiger partial charge in [0, 0.05) is 13.1 Å². The number of benzene rings is 2. The number of hydrogen-bond donors (Lipinski definition) is 1. The summed E-state index contributed by atoms with van der Waals surface area (Å²) in [7, 11) is 0. The van der Waals surface area contributed by atoms with Gasteiger partial charge in [0.2, 0.25) is 0 Å². The van der Waals surface area contributed by atoms with Crippen molar-refractivity contribution in [1.82, 2.24) is 5.32 Å². The number of aryl methyl sites for hydroxylation is 1. The van der Waals surface area contributed by atoms with E-state index in [1.165, 1.54) is 24.8 Å². The first kappa shape index (κ1) is 12.4. The molecule has 98 valence electrons. The molecule has 1 atom stereocenters. The quantitative estimate of drug-likeness (QED) is 0.869. The molecule has 0 aromatic heterocycles. The molecule has 0 amide bonds. The van der Waals surface area contributed by atoms with Crippen molar-refractivity contribution in [2.24, 2.45) is 0 Å². The van der Waals surface area contributed by atoms with Crippen LogP contribution in [-0.4, -0.2) is 6.54 Å². The molecule has 3 rings (SSSR count). The molecule has 0 aliphatic heterocycles. The Morgan fingerprint density at radius 1 is 0.947 bits per heavy atom. The molecule has 0 radical (unpaired) electrons. The standard InChI is InChI=1S/C18H21N/c1-2-7-15(8-3-1)13-19-14-17-11-6-10-16-9-4-5-12-18(16)17/h1-5,7-9,12,17,19H,6,10-11,13-14H2/t17-/m0/s1. The predicted molar refractivity (Wildman–Crippen MR) is 80.3 cm³/mol. The fraction of sp³-hybridized carbons (Fsp3) is 0.333. The summed E-state index contributed by atoms with van der Waals surface area (Å²) in [5, 5.41) is 3.61. The zero-order valence-corrected chi connectivity index (χ0v) is 11.3. The molecule has 1 heteroatoms. The summed E-state index contributed by atoms with van der Waals surface area (Å²) in [4.78, 5) is 0. The Bertz CT molecular complexity index is 518. The zero-order chi connectivity index (χ0) is 12.9. The van der Waals surface area contributed by atoms with Crippen LogP contribution in [0.25, 0.3) is 0 Å². The van der Waals surface area contributed by atoms with Gasteiger partial charge < -0.3 is 5.32 Å². The summed E-state index contributed by atoms with van der Waals surface area (Å²) >= 11 is 0. The predicted octanol–water partition coefficient (Wildman–Crippen LogP) is 3.90. The van der Waals surface area contributed by atoms with Crippen LogP contribution in [-0.2, 0) is 13.0 Å². The highest BCUT2D eigenvalue weighted by Gasteiger charge is 2.18. The smallest absolute Gasteiger partial charge is 0.0205 e. The molecule has 0 unspecified atom stereocenters. The van der Waals surface area contributed by atoms with Crippen LogP contribution in [0.1, 0.15) is 35.4 Å². The zero-order valence-electron chi connectivity index (χ0n) is 11.3. The number of fused-ring (bicyclic) bond motifs is 1. The van der Waals surface area contributed by atoms with Gasteiger partial charge in [0.1, 0.15) is 0 Å². The van der Waals surface area contributed by atoms with E-state index < -0.39 is 0 Å². The second-order valence-corrected chi connectivity index (χ2v) is 5.40. The summed E-state index contributed by atoms with van der Waals surface area (Å²) in [6.07, 6.45) is 3.90. The first-order valence-electron chi connectivity index (χ1n) is 7.26. The van der Waals surface area contributed by atoms with E-state index in [4.69, 9.17) is 0 Å². The minimum atomic E-state index is 0.689. The van der Waals surface area contributed by atoms with E-state index in [-0.39, 0.29) is 0 Å². The molecule has 1 aliphatic rings. The van der Waals surface area contributed by atoms with Crippen molar-refractivity contribution in [2.45, 2.75) is 31.7 Å². The van der Waals surface area contributed by atoms with Crippen LogP contribution in [0, 0.1) is 0 Å². The van der Waals surface area contributed by atoms with Crippen LogP contribution in [0.2, 0.25) is 0 Å². The third-order valence-corrected chi connectivity index (χ3v) is 4.06. The Hall–Kier alpha value is -1.60. The third kappa shape index (κ3) is 3.05. The summed E-state index contributed by atoms with van der Waals surface area (Å²) in [5.74, 6) is 0.689. The Kier molecular flexibility index (Phi) is 3.95. The second kappa shape index (κ2) is 6.03. The second-order valence-electron chi connectivity index (χ2n) is 5.40.